The summed E-state index contributed by atoms with van der Waals surface area (Å²) in [6.07, 6.45) is 9.66. The number of allylic oxidation sites excluding steroid dienone is 4. The van der Waals surface area contributed by atoms with Crippen molar-refractivity contribution in [1.29, 1.82) is 0 Å². The summed E-state index contributed by atoms with van der Waals surface area (Å²) in [6, 6.07) is 6.86. The molecule has 9 nitrogen and oxygen atoms in total. The molecule has 3 fully saturated rings. The van der Waals surface area contributed by atoms with E-state index in [0.717, 1.165) is 88.0 Å². The number of anilines is 2. The fourth-order valence-corrected chi connectivity index (χ4v) is 5.54. The topological polar surface area (TPSA) is 90.9 Å². The van der Waals surface area contributed by atoms with E-state index < -0.39 is 0 Å². The number of piperidine rings is 1. The van der Waals surface area contributed by atoms with Crippen LogP contribution < -0.4 is 10.1 Å². The Morgan fingerprint density at radius 2 is 1.88 bits per heavy atom. The van der Waals surface area contributed by atoms with Crippen LogP contribution in [-0.2, 0) is 14.2 Å². The van der Waals surface area contributed by atoms with E-state index in [-0.39, 0.29) is 6.10 Å². The molecule has 0 unspecified atom stereocenters. The van der Waals surface area contributed by atoms with E-state index >= 15 is 0 Å². The Morgan fingerprint density at radius 1 is 1.10 bits per heavy atom. The third-order valence-corrected chi connectivity index (χ3v) is 7.96. The van der Waals surface area contributed by atoms with Gasteiger partial charge in [-0.2, -0.15) is 4.98 Å². The molecule has 0 radical (unpaired) electrons. The Morgan fingerprint density at radius 3 is 2.55 bits per heavy atom. The first-order valence-corrected chi connectivity index (χ1v) is 14.3. The molecule has 0 atom stereocenters. The van der Waals surface area contributed by atoms with Crippen molar-refractivity contribution in [1.82, 2.24) is 19.9 Å². The molecule has 0 aliphatic carbocycles. The summed E-state index contributed by atoms with van der Waals surface area (Å²) in [4.78, 5) is 15.9. The van der Waals surface area contributed by atoms with E-state index in [1.807, 2.05) is 32.1 Å². The van der Waals surface area contributed by atoms with Crippen molar-refractivity contribution in [2.75, 3.05) is 51.9 Å². The van der Waals surface area contributed by atoms with Gasteiger partial charge in [-0.15, -0.1) is 0 Å². The molecule has 0 bridgehead atoms. The molecule has 3 aliphatic rings. The number of nitrogens with one attached hydrogen (secondary N) is 1. The van der Waals surface area contributed by atoms with Crippen molar-refractivity contribution in [2.45, 2.75) is 57.6 Å². The van der Waals surface area contributed by atoms with Gasteiger partial charge in [0.1, 0.15) is 23.9 Å². The van der Waals surface area contributed by atoms with Gasteiger partial charge in [-0.05, 0) is 75.1 Å². The molecule has 0 spiro atoms. The highest BCUT2D eigenvalue weighted by Gasteiger charge is 2.31. The zero-order valence-corrected chi connectivity index (χ0v) is 23.9. The summed E-state index contributed by atoms with van der Waals surface area (Å²) in [7, 11) is 1.73. The third kappa shape index (κ3) is 6.89. The summed E-state index contributed by atoms with van der Waals surface area (Å²) in [5.41, 5.74) is 3.78. The summed E-state index contributed by atoms with van der Waals surface area (Å²) in [5, 5.41) is 3.31. The lowest BCUT2D eigenvalue weighted by Gasteiger charge is -2.41. The first kappa shape index (κ1) is 28.3. The minimum atomic E-state index is 0.170. The first-order chi connectivity index (χ1) is 19.5. The van der Waals surface area contributed by atoms with Crippen LogP contribution in [0.3, 0.4) is 0 Å². The predicted molar refractivity (Wildman–Crippen MR) is 156 cm³/mol. The van der Waals surface area contributed by atoms with Gasteiger partial charge in [-0.1, -0.05) is 12.6 Å². The van der Waals surface area contributed by atoms with Gasteiger partial charge in [0.05, 0.1) is 39.6 Å². The van der Waals surface area contributed by atoms with Crippen LogP contribution in [0.4, 0.5) is 11.6 Å². The molecular formula is C31H41N5O4. The molecule has 3 aliphatic heterocycles. The van der Waals surface area contributed by atoms with Crippen LogP contribution in [0.25, 0.3) is 5.57 Å². The number of aromatic nitrogens is 3. The number of hydrogen-bond acceptors (Lipinski definition) is 9. The van der Waals surface area contributed by atoms with Crippen LogP contribution >= 0.6 is 0 Å². The second-order valence-corrected chi connectivity index (χ2v) is 10.7. The Labute approximate surface area is 237 Å². The largest absolute Gasteiger partial charge is 0.496 e. The fraction of sp³-hybridized carbons (Fsp3) is 0.516. The minimum absolute atomic E-state index is 0.170. The zero-order valence-electron chi connectivity index (χ0n) is 23.9. The smallest absolute Gasteiger partial charge is 0.230 e. The fourth-order valence-electron chi connectivity index (χ4n) is 5.54. The van der Waals surface area contributed by atoms with Crippen molar-refractivity contribution < 1.29 is 18.9 Å². The lowest BCUT2D eigenvalue weighted by atomic mass is 9.88. The number of hydrogen-bond donors (Lipinski definition) is 1. The highest BCUT2D eigenvalue weighted by molar-refractivity contribution is 5.70. The number of nitrogens with zero attached hydrogens (tertiary/aromatic N) is 4. The van der Waals surface area contributed by atoms with Crippen LogP contribution in [0.5, 0.6) is 5.75 Å². The SMILES string of the molecule is C=C(/C=C(C)\C(=C/C)OC1CCOCC1)c1ncnc(Nc2ccc(C3CCN(C4COC4)CC3)c(OC)c2)n1. The van der Waals surface area contributed by atoms with Gasteiger partial charge in [0.2, 0.25) is 5.95 Å². The molecule has 0 saturated carbocycles. The van der Waals surface area contributed by atoms with Crippen LogP contribution in [0.1, 0.15) is 56.8 Å². The lowest BCUT2D eigenvalue weighted by molar-refractivity contribution is -0.0713. The van der Waals surface area contributed by atoms with Crippen molar-refractivity contribution in [3.8, 4) is 5.75 Å². The molecule has 4 heterocycles. The molecule has 2 aromatic rings. The molecule has 214 valence electrons. The van der Waals surface area contributed by atoms with Crippen molar-refractivity contribution in [2.24, 2.45) is 0 Å². The molecule has 9 heteroatoms. The standard InChI is InChI=1S/C31H41N5O4/c1-5-28(40-26-10-14-38-15-11-26)21(2)16-22(3)30-32-20-33-31(35-30)34-24-6-7-27(29(17-24)37-4)23-8-12-36(13-9-23)25-18-39-19-25/h5-7,16-17,20,23,25-26H,3,8-15,18-19H2,1-2,4H3,(H,32,33,34,35)/b21-16-,28-5+. The molecule has 0 amide bonds. The molecule has 40 heavy (non-hydrogen) atoms. The van der Waals surface area contributed by atoms with Crippen LogP contribution in [0, 0.1) is 0 Å². The van der Waals surface area contributed by atoms with E-state index in [0.29, 0.717) is 29.3 Å². The average molecular weight is 548 g/mol. The van der Waals surface area contributed by atoms with Gasteiger partial charge in [-0.25, -0.2) is 9.97 Å². The maximum atomic E-state index is 6.23. The van der Waals surface area contributed by atoms with Gasteiger partial charge in [-0.3, -0.25) is 4.90 Å². The van der Waals surface area contributed by atoms with Gasteiger partial charge in [0.15, 0.2) is 5.82 Å². The van der Waals surface area contributed by atoms with Crippen LogP contribution in [-0.4, -0.2) is 78.6 Å². The Balaban J connectivity index is 1.22. The van der Waals surface area contributed by atoms with E-state index in [4.69, 9.17) is 18.9 Å². The second-order valence-electron chi connectivity index (χ2n) is 10.7. The molecule has 1 N–H and O–H groups in total. The van der Waals surface area contributed by atoms with E-state index in [2.05, 4.69) is 43.9 Å². The quantitative estimate of drug-likeness (QED) is 0.316. The number of ether oxygens (including phenoxy) is 4. The van der Waals surface area contributed by atoms with Crippen molar-refractivity contribution in [3.05, 3.63) is 66.0 Å². The number of likely N-dealkylation sites (tertiary alicyclic amines) is 1. The van der Waals surface area contributed by atoms with Crippen LogP contribution in [0.2, 0.25) is 0 Å². The molecule has 1 aromatic carbocycles. The summed E-state index contributed by atoms with van der Waals surface area (Å²) < 4.78 is 22.9. The maximum Gasteiger partial charge on any atom is 0.230 e. The zero-order chi connectivity index (χ0) is 27.9. The normalized spacial score (nSPS) is 20.2. The molecule has 1 aromatic heterocycles. The van der Waals surface area contributed by atoms with E-state index in [9.17, 15) is 0 Å². The summed E-state index contributed by atoms with van der Waals surface area (Å²) in [6.45, 7) is 13.6. The highest BCUT2D eigenvalue weighted by Crippen LogP contribution is 2.37. The number of benzene rings is 1. The maximum absolute atomic E-state index is 6.23. The van der Waals surface area contributed by atoms with Gasteiger partial charge < -0.3 is 24.3 Å². The number of methoxy groups -OCH3 is 1. The predicted octanol–water partition coefficient (Wildman–Crippen LogP) is 5.26. The first-order valence-electron chi connectivity index (χ1n) is 14.3. The molecular weight excluding hydrogens is 506 g/mol. The Hall–Kier alpha value is -3.27. The van der Waals surface area contributed by atoms with Gasteiger partial charge >= 0.3 is 0 Å². The Kier molecular flexibility index (Phi) is 9.46. The average Bonchev–Trinajstić information content (AvgIpc) is 2.96. The lowest BCUT2D eigenvalue weighted by Crippen LogP contribution is -2.51. The minimum Gasteiger partial charge on any atom is -0.496 e. The molecule has 3 saturated heterocycles. The van der Waals surface area contributed by atoms with Gasteiger partial charge in [0.25, 0.3) is 0 Å². The molecule has 5 rings (SSSR count). The number of rotatable bonds is 10. The summed E-state index contributed by atoms with van der Waals surface area (Å²) >= 11 is 0. The van der Waals surface area contributed by atoms with Crippen molar-refractivity contribution >= 4 is 17.2 Å². The monoisotopic (exact) mass is 547 g/mol. The third-order valence-electron chi connectivity index (χ3n) is 7.96. The highest BCUT2D eigenvalue weighted by atomic mass is 16.5. The van der Waals surface area contributed by atoms with E-state index in [1.165, 1.54) is 11.9 Å². The Bertz CT molecular complexity index is 1230. The van der Waals surface area contributed by atoms with Crippen molar-refractivity contribution in [3.63, 3.8) is 0 Å². The second kappa shape index (κ2) is 13.4. The van der Waals surface area contributed by atoms with E-state index in [1.54, 1.807) is 7.11 Å². The summed E-state index contributed by atoms with van der Waals surface area (Å²) in [5.74, 6) is 3.17. The van der Waals surface area contributed by atoms with Crippen LogP contribution in [0.15, 0.2) is 54.6 Å². The van der Waals surface area contributed by atoms with Gasteiger partial charge in [0, 0.05) is 30.2 Å².